The molecule has 3 aromatic rings. The first kappa shape index (κ1) is 19.1. The Kier molecular flexibility index (Phi) is 6.62. The molecule has 0 fully saturated rings. The number of ether oxygens (including phenoxy) is 1. The number of anilines is 1. The largest absolute Gasteiger partial charge is 0.380 e. The zero-order chi connectivity index (χ0) is 19.1. The number of nitrogens with zero attached hydrogens (tertiary/aromatic N) is 3. The molecule has 2 aromatic carbocycles. The summed E-state index contributed by atoms with van der Waals surface area (Å²) in [5.41, 5.74) is 3.96. The van der Waals surface area contributed by atoms with Gasteiger partial charge in [0.15, 0.2) is 5.16 Å². The summed E-state index contributed by atoms with van der Waals surface area (Å²) >= 11 is 1.36. The lowest BCUT2D eigenvalue weighted by Gasteiger charge is -2.12. The number of para-hydroxylation sites is 2. The third kappa shape index (κ3) is 4.75. The molecule has 27 heavy (non-hydrogen) atoms. The monoisotopic (exact) mass is 382 g/mol. The van der Waals surface area contributed by atoms with Crippen molar-refractivity contribution in [3.05, 3.63) is 66.0 Å². The van der Waals surface area contributed by atoms with Crippen molar-refractivity contribution in [3.8, 4) is 5.69 Å². The topological polar surface area (TPSA) is 69.0 Å². The van der Waals surface area contributed by atoms with E-state index in [0.717, 1.165) is 23.4 Å². The Hall–Kier alpha value is -2.64. The van der Waals surface area contributed by atoms with Crippen molar-refractivity contribution in [1.29, 1.82) is 0 Å². The Labute approximate surface area is 163 Å². The van der Waals surface area contributed by atoms with Crippen LogP contribution in [0.5, 0.6) is 0 Å². The Morgan fingerprint density at radius 3 is 2.67 bits per heavy atom. The maximum absolute atomic E-state index is 12.4. The van der Waals surface area contributed by atoms with Crippen molar-refractivity contribution in [1.82, 2.24) is 14.8 Å². The van der Waals surface area contributed by atoms with Crippen LogP contribution in [0.25, 0.3) is 5.69 Å². The number of thioether (sulfide) groups is 1. The minimum Gasteiger partial charge on any atom is -0.380 e. The molecule has 1 heterocycles. The fraction of sp³-hybridized carbons (Fsp3) is 0.250. The quantitative estimate of drug-likeness (QED) is 0.602. The van der Waals surface area contributed by atoms with Crippen LogP contribution in [0.15, 0.2) is 60.0 Å². The third-order valence-corrected chi connectivity index (χ3v) is 5.02. The lowest BCUT2D eigenvalue weighted by molar-refractivity contribution is -0.113. The molecule has 3 rings (SSSR count). The molecule has 0 aliphatic heterocycles. The molecule has 0 unspecified atom stereocenters. The standard InChI is InChI=1S/C20H22N4O2S/c1-3-15-8-5-7-11-18(15)24-14-21-23-20(24)27-13-19(25)22-17-10-6-4-9-16(17)12-26-2/h4-11,14H,3,12-13H2,1-2H3,(H,22,25). The molecular weight excluding hydrogens is 360 g/mol. The van der Waals surface area contributed by atoms with Gasteiger partial charge in [0, 0.05) is 18.4 Å². The highest BCUT2D eigenvalue weighted by molar-refractivity contribution is 7.99. The van der Waals surface area contributed by atoms with E-state index in [1.54, 1.807) is 13.4 Å². The summed E-state index contributed by atoms with van der Waals surface area (Å²) in [4.78, 5) is 12.4. The minimum atomic E-state index is -0.0955. The molecule has 6 nitrogen and oxygen atoms in total. The zero-order valence-electron chi connectivity index (χ0n) is 15.4. The van der Waals surface area contributed by atoms with Gasteiger partial charge in [-0.05, 0) is 24.1 Å². The van der Waals surface area contributed by atoms with Crippen LogP contribution in [0.2, 0.25) is 0 Å². The number of aromatic nitrogens is 3. The van der Waals surface area contributed by atoms with Gasteiger partial charge < -0.3 is 10.1 Å². The third-order valence-electron chi connectivity index (χ3n) is 4.07. The summed E-state index contributed by atoms with van der Waals surface area (Å²) in [6.45, 7) is 2.56. The summed E-state index contributed by atoms with van der Waals surface area (Å²) in [5.74, 6) is 0.149. The number of rotatable bonds is 8. The van der Waals surface area contributed by atoms with Crippen LogP contribution in [0, 0.1) is 0 Å². The summed E-state index contributed by atoms with van der Waals surface area (Å²) < 4.78 is 7.10. The first-order chi connectivity index (χ1) is 13.2. The summed E-state index contributed by atoms with van der Waals surface area (Å²) in [6.07, 6.45) is 2.60. The number of benzene rings is 2. The van der Waals surface area contributed by atoms with Crippen molar-refractivity contribution in [2.24, 2.45) is 0 Å². The van der Waals surface area contributed by atoms with Crippen LogP contribution in [0.3, 0.4) is 0 Å². The van der Waals surface area contributed by atoms with E-state index in [4.69, 9.17) is 4.74 Å². The van der Waals surface area contributed by atoms with Crippen LogP contribution in [0.1, 0.15) is 18.1 Å². The average molecular weight is 382 g/mol. The minimum absolute atomic E-state index is 0.0955. The van der Waals surface area contributed by atoms with Crippen LogP contribution in [-0.4, -0.2) is 33.5 Å². The van der Waals surface area contributed by atoms with Crippen LogP contribution in [0.4, 0.5) is 5.69 Å². The van der Waals surface area contributed by atoms with E-state index in [1.807, 2.05) is 47.0 Å². The average Bonchev–Trinajstić information content (AvgIpc) is 3.16. The second kappa shape index (κ2) is 9.34. The van der Waals surface area contributed by atoms with Gasteiger partial charge in [0.1, 0.15) is 6.33 Å². The molecule has 0 saturated carbocycles. The molecule has 0 radical (unpaired) electrons. The Morgan fingerprint density at radius 1 is 1.15 bits per heavy atom. The first-order valence-electron chi connectivity index (χ1n) is 8.70. The fourth-order valence-electron chi connectivity index (χ4n) is 2.77. The van der Waals surface area contributed by atoms with Gasteiger partial charge in [-0.15, -0.1) is 10.2 Å². The molecule has 0 bridgehead atoms. The fourth-order valence-corrected chi connectivity index (χ4v) is 3.49. The van der Waals surface area contributed by atoms with Gasteiger partial charge in [0.05, 0.1) is 18.0 Å². The van der Waals surface area contributed by atoms with Gasteiger partial charge in [0.2, 0.25) is 5.91 Å². The molecule has 0 spiro atoms. The van der Waals surface area contributed by atoms with Crippen molar-refractivity contribution in [2.75, 3.05) is 18.2 Å². The Balaban J connectivity index is 1.68. The Morgan fingerprint density at radius 2 is 1.89 bits per heavy atom. The van der Waals surface area contributed by atoms with E-state index in [-0.39, 0.29) is 11.7 Å². The molecule has 1 amide bonds. The van der Waals surface area contributed by atoms with E-state index in [9.17, 15) is 4.79 Å². The van der Waals surface area contributed by atoms with Crippen LogP contribution >= 0.6 is 11.8 Å². The highest BCUT2D eigenvalue weighted by Gasteiger charge is 2.13. The van der Waals surface area contributed by atoms with E-state index >= 15 is 0 Å². The zero-order valence-corrected chi connectivity index (χ0v) is 16.2. The van der Waals surface area contributed by atoms with Crippen molar-refractivity contribution < 1.29 is 9.53 Å². The predicted molar refractivity (Wildman–Crippen MR) is 107 cm³/mol. The SMILES string of the molecule is CCc1ccccc1-n1cnnc1SCC(=O)Nc1ccccc1COC. The maximum atomic E-state index is 12.4. The van der Waals surface area contributed by atoms with Gasteiger partial charge >= 0.3 is 0 Å². The first-order valence-corrected chi connectivity index (χ1v) is 9.69. The number of carbonyl (C=O) groups excluding carboxylic acids is 1. The van der Waals surface area contributed by atoms with Gasteiger partial charge in [-0.25, -0.2) is 0 Å². The number of methoxy groups -OCH3 is 1. The number of nitrogens with one attached hydrogen (secondary N) is 1. The molecule has 0 aliphatic carbocycles. The summed E-state index contributed by atoms with van der Waals surface area (Å²) in [7, 11) is 1.63. The molecular formula is C20H22N4O2S. The maximum Gasteiger partial charge on any atom is 0.234 e. The van der Waals surface area contributed by atoms with Crippen molar-refractivity contribution >= 4 is 23.4 Å². The molecule has 0 aliphatic rings. The number of carbonyl (C=O) groups is 1. The number of hydrogen-bond donors (Lipinski definition) is 1. The normalized spacial score (nSPS) is 10.7. The Bertz CT molecular complexity index is 910. The van der Waals surface area contributed by atoms with Gasteiger partial charge in [-0.3, -0.25) is 9.36 Å². The van der Waals surface area contributed by atoms with E-state index in [1.165, 1.54) is 17.3 Å². The van der Waals surface area contributed by atoms with E-state index in [2.05, 4.69) is 28.5 Å². The number of amides is 1. The van der Waals surface area contributed by atoms with Crippen molar-refractivity contribution in [3.63, 3.8) is 0 Å². The second-order valence-corrected chi connectivity index (χ2v) is 6.84. The highest BCUT2D eigenvalue weighted by atomic mass is 32.2. The van der Waals surface area contributed by atoms with Gasteiger partial charge in [-0.2, -0.15) is 0 Å². The van der Waals surface area contributed by atoms with Crippen LogP contribution < -0.4 is 5.32 Å². The smallest absolute Gasteiger partial charge is 0.234 e. The summed E-state index contributed by atoms with van der Waals surface area (Å²) in [5, 5.41) is 11.8. The lowest BCUT2D eigenvalue weighted by atomic mass is 10.1. The van der Waals surface area contributed by atoms with Gasteiger partial charge in [-0.1, -0.05) is 55.1 Å². The molecule has 7 heteroatoms. The van der Waals surface area contributed by atoms with E-state index < -0.39 is 0 Å². The molecule has 0 saturated heterocycles. The molecule has 1 aromatic heterocycles. The molecule has 0 atom stereocenters. The highest BCUT2D eigenvalue weighted by Crippen LogP contribution is 2.23. The van der Waals surface area contributed by atoms with E-state index in [0.29, 0.717) is 11.8 Å². The van der Waals surface area contributed by atoms with Crippen LogP contribution in [-0.2, 0) is 22.6 Å². The predicted octanol–water partition coefficient (Wildman–Crippen LogP) is 3.71. The molecule has 1 N–H and O–H groups in total. The van der Waals surface area contributed by atoms with Crippen molar-refractivity contribution in [2.45, 2.75) is 25.1 Å². The number of aryl methyl sites for hydroxylation is 1. The molecule has 140 valence electrons. The number of hydrogen-bond acceptors (Lipinski definition) is 5. The van der Waals surface area contributed by atoms with Gasteiger partial charge in [0.25, 0.3) is 0 Å². The lowest BCUT2D eigenvalue weighted by Crippen LogP contribution is -2.16. The summed E-state index contributed by atoms with van der Waals surface area (Å²) in [6, 6.07) is 15.7. The second-order valence-electron chi connectivity index (χ2n) is 5.89.